The standard InChI is InChI=1S/C12H6F18O2/c13-5(14,9(21,22)23)7(17,18)11(27,28)31-3-1-2-4-32-12(29,30)8(19,20)6(15,16)10(24,25)26/h1-2H,3-4H2/b2-1+. The van der Waals surface area contributed by atoms with Crippen molar-refractivity contribution in [2.45, 2.75) is 48.3 Å². The molecular formula is C12H6F18O2. The quantitative estimate of drug-likeness (QED) is 0.243. The zero-order valence-corrected chi connectivity index (χ0v) is 14.2. The maximum absolute atomic E-state index is 12.9. The number of rotatable bonds is 10. The van der Waals surface area contributed by atoms with Crippen LogP contribution in [0, 0.1) is 0 Å². The number of ether oxygens (including phenoxy) is 2. The summed E-state index contributed by atoms with van der Waals surface area (Å²) in [6.07, 6.45) is -27.9. The van der Waals surface area contributed by atoms with Gasteiger partial charge in [0.05, 0.1) is 13.2 Å². The lowest BCUT2D eigenvalue weighted by Gasteiger charge is -2.33. The molecule has 0 radical (unpaired) electrons. The Bertz CT molecular complexity index is 602. The van der Waals surface area contributed by atoms with Crippen LogP contribution in [0.15, 0.2) is 12.2 Å². The molecule has 32 heavy (non-hydrogen) atoms. The SMILES string of the molecule is FC(F)(F)C(F)(F)C(F)(F)C(F)(F)OC/C=C/COC(F)(F)C(F)(F)C(F)(F)C(F)(F)F. The molecule has 0 fully saturated rings. The first kappa shape index (κ1) is 30.4. The minimum atomic E-state index is -7.33. The normalized spacial score (nSPS) is 16.2. The van der Waals surface area contributed by atoms with Gasteiger partial charge in [-0.15, -0.1) is 0 Å². The van der Waals surface area contributed by atoms with Crippen LogP contribution in [0.2, 0.25) is 0 Å². The highest BCUT2D eigenvalue weighted by Crippen LogP contribution is 2.54. The smallest absolute Gasteiger partial charge is 0.311 e. The van der Waals surface area contributed by atoms with Gasteiger partial charge in [-0.05, 0) is 0 Å². The number of halogens is 18. The molecule has 0 saturated carbocycles. The molecule has 0 aliphatic carbocycles. The first-order chi connectivity index (χ1) is 13.7. The van der Waals surface area contributed by atoms with Gasteiger partial charge in [0, 0.05) is 0 Å². The van der Waals surface area contributed by atoms with E-state index in [9.17, 15) is 79.0 Å². The zero-order chi connectivity index (χ0) is 26.2. The Kier molecular flexibility index (Phi) is 8.20. The molecule has 2 nitrogen and oxygen atoms in total. The second-order valence-corrected chi connectivity index (χ2v) is 5.42. The van der Waals surface area contributed by atoms with E-state index < -0.39 is 61.5 Å². The van der Waals surface area contributed by atoms with Gasteiger partial charge in [-0.2, -0.15) is 79.0 Å². The molecule has 0 saturated heterocycles. The van der Waals surface area contributed by atoms with Crippen molar-refractivity contribution in [2.75, 3.05) is 13.2 Å². The second kappa shape index (κ2) is 8.64. The molecule has 0 bridgehead atoms. The minimum absolute atomic E-state index is 0.216. The molecule has 0 aliphatic heterocycles. The van der Waals surface area contributed by atoms with E-state index >= 15 is 0 Å². The van der Waals surface area contributed by atoms with Gasteiger partial charge >= 0.3 is 48.3 Å². The van der Waals surface area contributed by atoms with Gasteiger partial charge in [0.1, 0.15) is 0 Å². The van der Waals surface area contributed by atoms with Crippen molar-refractivity contribution in [3.8, 4) is 0 Å². The second-order valence-electron chi connectivity index (χ2n) is 5.42. The fourth-order valence-corrected chi connectivity index (χ4v) is 1.34. The van der Waals surface area contributed by atoms with E-state index in [2.05, 4.69) is 9.47 Å². The van der Waals surface area contributed by atoms with Gasteiger partial charge < -0.3 is 9.47 Å². The number of alkyl halides is 18. The number of hydrogen-bond acceptors (Lipinski definition) is 2. The van der Waals surface area contributed by atoms with E-state index in [-0.39, 0.29) is 12.2 Å². The molecular weight excluding hydrogens is 518 g/mol. The molecule has 0 atom stereocenters. The lowest BCUT2D eigenvalue weighted by Crippen LogP contribution is -2.61. The number of hydrogen-bond donors (Lipinski definition) is 0. The van der Waals surface area contributed by atoms with E-state index in [1.54, 1.807) is 0 Å². The highest BCUT2D eigenvalue weighted by Gasteiger charge is 2.83. The van der Waals surface area contributed by atoms with Crippen LogP contribution in [-0.2, 0) is 9.47 Å². The van der Waals surface area contributed by atoms with E-state index in [4.69, 9.17) is 0 Å². The van der Waals surface area contributed by atoms with E-state index in [0.717, 1.165) is 0 Å². The Labute approximate surface area is 163 Å². The van der Waals surface area contributed by atoms with Crippen molar-refractivity contribution in [3.63, 3.8) is 0 Å². The third-order valence-corrected chi connectivity index (χ3v) is 3.12. The molecule has 0 unspecified atom stereocenters. The van der Waals surface area contributed by atoms with Crippen molar-refractivity contribution in [1.82, 2.24) is 0 Å². The summed E-state index contributed by atoms with van der Waals surface area (Å²) < 4.78 is 229. The van der Waals surface area contributed by atoms with Crippen LogP contribution in [-0.4, -0.2) is 61.5 Å². The summed E-state index contributed by atoms with van der Waals surface area (Å²) in [4.78, 5) is 0. The summed E-state index contributed by atoms with van der Waals surface area (Å²) in [5, 5.41) is 0. The van der Waals surface area contributed by atoms with Crippen molar-refractivity contribution >= 4 is 0 Å². The summed E-state index contributed by atoms with van der Waals surface area (Å²) in [7, 11) is 0. The Morgan fingerprint density at radius 1 is 0.375 bits per heavy atom. The topological polar surface area (TPSA) is 18.5 Å². The molecule has 0 N–H and O–H groups in total. The van der Waals surface area contributed by atoms with Gasteiger partial charge in [-0.25, -0.2) is 0 Å². The molecule has 0 heterocycles. The van der Waals surface area contributed by atoms with E-state index in [1.165, 1.54) is 0 Å². The first-order valence-corrected chi connectivity index (χ1v) is 7.04. The van der Waals surface area contributed by atoms with Crippen molar-refractivity contribution in [1.29, 1.82) is 0 Å². The highest BCUT2D eigenvalue weighted by molar-refractivity contribution is 4.98. The van der Waals surface area contributed by atoms with Crippen LogP contribution >= 0.6 is 0 Å². The van der Waals surface area contributed by atoms with E-state index in [1.807, 2.05) is 0 Å². The summed E-state index contributed by atoms with van der Waals surface area (Å²) in [5.74, 6) is -29.1. The van der Waals surface area contributed by atoms with Crippen molar-refractivity contribution in [2.24, 2.45) is 0 Å². The summed E-state index contributed by atoms with van der Waals surface area (Å²) in [5.41, 5.74) is 0. The summed E-state index contributed by atoms with van der Waals surface area (Å²) in [6.45, 7) is -4.19. The zero-order valence-electron chi connectivity index (χ0n) is 14.2. The fourth-order valence-electron chi connectivity index (χ4n) is 1.34. The Hall–Kier alpha value is -1.60. The predicted molar refractivity (Wildman–Crippen MR) is 62.8 cm³/mol. The molecule has 0 aromatic heterocycles. The van der Waals surface area contributed by atoms with Gasteiger partial charge in [-0.1, -0.05) is 12.2 Å². The van der Waals surface area contributed by atoms with Crippen LogP contribution in [0.3, 0.4) is 0 Å². The fraction of sp³-hybridized carbons (Fsp3) is 0.833. The average molecular weight is 524 g/mol. The van der Waals surface area contributed by atoms with Crippen LogP contribution in [0.25, 0.3) is 0 Å². The highest BCUT2D eigenvalue weighted by atomic mass is 19.4. The average Bonchev–Trinajstić information content (AvgIpc) is 2.55. The maximum atomic E-state index is 12.9. The lowest BCUT2D eigenvalue weighted by molar-refractivity contribution is -0.443. The molecule has 0 aliphatic rings. The molecule has 20 heteroatoms. The first-order valence-electron chi connectivity index (χ1n) is 7.04. The Morgan fingerprint density at radius 3 is 0.781 bits per heavy atom. The van der Waals surface area contributed by atoms with Crippen LogP contribution in [0.1, 0.15) is 0 Å². The minimum Gasteiger partial charge on any atom is -0.311 e. The van der Waals surface area contributed by atoms with E-state index in [0.29, 0.717) is 0 Å². The van der Waals surface area contributed by atoms with Crippen molar-refractivity contribution < 1.29 is 88.5 Å². The predicted octanol–water partition coefficient (Wildman–Crippen LogP) is 6.43. The third kappa shape index (κ3) is 5.30. The molecule has 0 aromatic carbocycles. The van der Waals surface area contributed by atoms with Gasteiger partial charge in [0.15, 0.2) is 0 Å². The van der Waals surface area contributed by atoms with Crippen LogP contribution < -0.4 is 0 Å². The third-order valence-electron chi connectivity index (χ3n) is 3.12. The van der Waals surface area contributed by atoms with Gasteiger partial charge in [0.2, 0.25) is 0 Å². The summed E-state index contributed by atoms with van der Waals surface area (Å²) in [6, 6.07) is 0. The lowest BCUT2D eigenvalue weighted by atomic mass is 10.1. The molecule has 0 rings (SSSR count). The Morgan fingerprint density at radius 2 is 0.594 bits per heavy atom. The Balaban J connectivity index is 5.13. The molecule has 192 valence electrons. The summed E-state index contributed by atoms with van der Waals surface area (Å²) >= 11 is 0. The van der Waals surface area contributed by atoms with Crippen LogP contribution in [0.5, 0.6) is 0 Å². The van der Waals surface area contributed by atoms with Gasteiger partial charge in [-0.3, -0.25) is 0 Å². The largest absolute Gasteiger partial charge is 0.460 e. The van der Waals surface area contributed by atoms with Crippen molar-refractivity contribution in [3.05, 3.63) is 12.2 Å². The molecule has 0 aromatic rings. The maximum Gasteiger partial charge on any atom is 0.460 e. The van der Waals surface area contributed by atoms with Crippen LogP contribution in [0.4, 0.5) is 79.0 Å². The monoisotopic (exact) mass is 524 g/mol. The van der Waals surface area contributed by atoms with Gasteiger partial charge in [0.25, 0.3) is 0 Å². The molecule has 0 spiro atoms. The molecule has 0 amide bonds.